The highest BCUT2D eigenvalue weighted by molar-refractivity contribution is 5.18. The van der Waals surface area contributed by atoms with Crippen molar-refractivity contribution < 1.29 is 9.84 Å². The van der Waals surface area contributed by atoms with E-state index in [9.17, 15) is 5.11 Å². The van der Waals surface area contributed by atoms with Gasteiger partial charge in [0.25, 0.3) is 0 Å². The summed E-state index contributed by atoms with van der Waals surface area (Å²) in [7, 11) is 0. The van der Waals surface area contributed by atoms with Crippen molar-refractivity contribution >= 4 is 0 Å². The van der Waals surface area contributed by atoms with E-state index in [1.54, 1.807) is 0 Å². The van der Waals surface area contributed by atoms with Gasteiger partial charge in [0.2, 0.25) is 0 Å². The van der Waals surface area contributed by atoms with E-state index in [1.165, 1.54) is 5.56 Å². The fraction of sp³-hybridized carbons (Fsp3) is 0.625. The average Bonchev–Trinajstić information content (AvgIpc) is 2.52. The summed E-state index contributed by atoms with van der Waals surface area (Å²) >= 11 is 0. The first-order valence-corrected chi connectivity index (χ1v) is 7.56. The number of benzene rings is 1. The summed E-state index contributed by atoms with van der Waals surface area (Å²) in [6, 6.07) is 11.0. The maximum absolute atomic E-state index is 9.18. The van der Waals surface area contributed by atoms with Gasteiger partial charge in [-0.3, -0.25) is 4.90 Å². The second-order valence-electron chi connectivity index (χ2n) is 5.29. The van der Waals surface area contributed by atoms with E-state index < -0.39 is 0 Å². The zero-order chi connectivity index (χ0) is 14.2. The Morgan fingerprint density at radius 3 is 2.90 bits per heavy atom. The number of aliphatic hydroxyl groups is 1. The van der Waals surface area contributed by atoms with E-state index in [4.69, 9.17) is 4.74 Å². The molecule has 2 rings (SSSR count). The lowest BCUT2D eigenvalue weighted by molar-refractivity contribution is -0.0533. The summed E-state index contributed by atoms with van der Waals surface area (Å²) in [5.41, 5.74) is 1.35. The third-order valence-electron chi connectivity index (χ3n) is 3.81. The third kappa shape index (κ3) is 4.56. The number of morpholine rings is 1. The van der Waals surface area contributed by atoms with Crippen molar-refractivity contribution in [3.05, 3.63) is 35.9 Å². The number of hydrogen-bond donors (Lipinski definition) is 2. The summed E-state index contributed by atoms with van der Waals surface area (Å²) in [6.45, 7) is 6.79. The summed E-state index contributed by atoms with van der Waals surface area (Å²) < 4.78 is 5.49. The van der Waals surface area contributed by atoms with E-state index in [0.29, 0.717) is 6.04 Å². The molecule has 0 bridgehead atoms. The largest absolute Gasteiger partial charge is 0.394 e. The van der Waals surface area contributed by atoms with Crippen LogP contribution in [-0.4, -0.2) is 55.5 Å². The van der Waals surface area contributed by atoms with Crippen molar-refractivity contribution in [1.29, 1.82) is 0 Å². The minimum absolute atomic E-state index is 0.0157. The Morgan fingerprint density at radius 1 is 1.40 bits per heavy atom. The van der Waals surface area contributed by atoms with Crippen molar-refractivity contribution in [2.45, 2.75) is 25.5 Å². The van der Waals surface area contributed by atoms with Crippen LogP contribution in [0.25, 0.3) is 0 Å². The Kier molecular flexibility index (Phi) is 6.47. The quantitative estimate of drug-likeness (QED) is 0.792. The zero-order valence-electron chi connectivity index (χ0n) is 12.3. The lowest BCUT2D eigenvalue weighted by Crippen LogP contribution is -2.44. The van der Waals surface area contributed by atoms with Gasteiger partial charge in [-0.05, 0) is 18.5 Å². The number of nitrogens with zero attached hydrogens (tertiary/aromatic N) is 1. The van der Waals surface area contributed by atoms with E-state index in [1.807, 2.05) is 0 Å². The Hall–Kier alpha value is -0.940. The first-order valence-electron chi connectivity index (χ1n) is 7.56. The predicted octanol–water partition coefficient (Wildman–Crippen LogP) is 1.42. The first kappa shape index (κ1) is 15.4. The minimum atomic E-state index is -0.0157. The van der Waals surface area contributed by atoms with Crippen LogP contribution in [0.1, 0.15) is 24.9 Å². The highest BCUT2D eigenvalue weighted by atomic mass is 16.5. The number of rotatable bonds is 7. The molecule has 0 spiro atoms. The van der Waals surface area contributed by atoms with Crippen LogP contribution in [-0.2, 0) is 4.74 Å². The Bertz CT molecular complexity index is 372. The van der Waals surface area contributed by atoms with Gasteiger partial charge in [-0.25, -0.2) is 0 Å². The molecule has 2 unspecified atom stereocenters. The maximum atomic E-state index is 9.18. The van der Waals surface area contributed by atoms with Gasteiger partial charge in [0.05, 0.1) is 19.3 Å². The lowest BCUT2D eigenvalue weighted by atomic mass is 10.0. The van der Waals surface area contributed by atoms with Crippen LogP contribution < -0.4 is 5.32 Å². The summed E-state index contributed by atoms with van der Waals surface area (Å²) in [5, 5.41) is 12.7. The van der Waals surface area contributed by atoms with Gasteiger partial charge < -0.3 is 15.2 Å². The number of aliphatic hydroxyl groups excluding tert-OH is 1. The molecule has 4 heteroatoms. The maximum Gasteiger partial charge on any atom is 0.0932 e. The van der Waals surface area contributed by atoms with E-state index in [0.717, 1.165) is 39.2 Å². The monoisotopic (exact) mass is 278 g/mol. The third-order valence-corrected chi connectivity index (χ3v) is 3.81. The smallest absolute Gasteiger partial charge is 0.0932 e. The molecular weight excluding hydrogens is 252 g/mol. The number of hydrogen-bond acceptors (Lipinski definition) is 4. The first-order chi connectivity index (χ1) is 9.83. The number of ether oxygens (including phenoxy) is 1. The molecular formula is C16H26N2O2. The second kappa shape index (κ2) is 8.37. The molecule has 2 N–H and O–H groups in total. The lowest BCUT2D eigenvalue weighted by Gasteiger charge is -2.33. The number of nitrogens with one attached hydrogen (secondary N) is 1. The van der Waals surface area contributed by atoms with E-state index >= 15 is 0 Å². The van der Waals surface area contributed by atoms with Crippen LogP contribution in [0.5, 0.6) is 0 Å². The molecule has 4 nitrogen and oxygen atoms in total. The molecule has 0 radical (unpaired) electrons. The van der Waals surface area contributed by atoms with Crippen LogP contribution in [0.4, 0.5) is 0 Å². The fourth-order valence-corrected chi connectivity index (χ4v) is 2.72. The van der Waals surface area contributed by atoms with Crippen LogP contribution in [0.15, 0.2) is 30.3 Å². The molecule has 1 saturated heterocycles. The van der Waals surface area contributed by atoms with Crippen molar-refractivity contribution in [2.24, 2.45) is 0 Å². The highest BCUT2D eigenvalue weighted by Crippen LogP contribution is 2.17. The van der Waals surface area contributed by atoms with Gasteiger partial charge in [-0.2, -0.15) is 0 Å². The van der Waals surface area contributed by atoms with Gasteiger partial charge in [0.1, 0.15) is 0 Å². The highest BCUT2D eigenvalue weighted by Gasteiger charge is 2.20. The predicted molar refractivity (Wildman–Crippen MR) is 80.7 cm³/mol. The molecule has 1 aromatic carbocycles. The summed E-state index contributed by atoms with van der Waals surface area (Å²) in [4.78, 5) is 2.39. The van der Waals surface area contributed by atoms with Gasteiger partial charge in [-0.1, -0.05) is 37.3 Å². The summed E-state index contributed by atoms with van der Waals surface area (Å²) in [6.07, 6.45) is 1.06. The molecule has 0 aliphatic carbocycles. The standard InChI is InChI=1S/C16H26N2O2/c1-2-17-16(14-6-4-3-5-7-14)8-9-18-10-11-20-15(12-18)13-19/h3-7,15-17,19H,2,8-13H2,1H3. The second-order valence-corrected chi connectivity index (χ2v) is 5.29. The van der Waals surface area contributed by atoms with Gasteiger partial charge in [0, 0.05) is 25.7 Å². The van der Waals surface area contributed by atoms with Gasteiger partial charge in [-0.15, -0.1) is 0 Å². The Balaban J connectivity index is 1.86. The van der Waals surface area contributed by atoms with Crippen LogP contribution in [0.2, 0.25) is 0 Å². The van der Waals surface area contributed by atoms with Gasteiger partial charge in [0.15, 0.2) is 0 Å². The molecule has 20 heavy (non-hydrogen) atoms. The molecule has 112 valence electrons. The Morgan fingerprint density at radius 2 is 2.20 bits per heavy atom. The fourth-order valence-electron chi connectivity index (χ4n) is 2.72. The van der Waals surface area contributed by atoms with Crippen molar-refractivity contribution in [3.63, 3.8) is 0 Å². The van der Waals surface area contributed by atoms with E-state index in [2.05, 4.69) is 47.5 Å². The molecule has 0 amide bonds. The SMILES string of the molecule is CCNC(CCN1CCOC(CO)C1)c1ccccc1. The molecule has 0 aromatic heterocycles. The topological polar surface area (TPSA) is 44.7 Å². The van der Waals surface area contributed by atoms with Crippen molar-refractivity contribution in [3.8, 4) is 0 Å². The molecule has 1 aliphatic rings. The van der Waals surface area contributed by atoms with E-state index in [-0.39, 0.29) is 12.7 Å². The zero-order valence-corrected chi connectivity index (χ0v) is 12.3. The molecule has 1 aromatic rings. The van der Waals surface area contributed by atoms with Crippen LogP contribution in [0.3, 0.4) is 0 Å². The molecule has 1 aliphatic heterocycles. The molecule has 1 heterocycles. The van der Waals surface area contributed by atoms with Crippen LogP contribution in [0, 0.1) is 0 Å². The summed E-state index contributed by atoms with van der Waals surface area (Å²) in [5.74, 6) is 0. The molecule has 0 saturated carbocycles. The van der Waals surface area contributed by atoms with Gasteiger partial charge >= 0.3 is 0 Å². The minimum Gasteiger partial charge on any atom is -0.394 e. The molecule has 1 fully saturated rings. The van der Waals surface area contributed by atoms with Crippen LogP contribution >= 0.6 is 0 Å². The average molecular weight is 278 g/mol. The van der Waals surface area contributed by atoms with Crippen molar-refractivity contribution in [1.82, 2.24) is 10.2 Å². The normalized spacial score (nSPS) is 21.8. The molecule has 2 atom stereocenters. The Labute approximate surface area is 121 Å². The van der Waals surface area contributed by atoms with Crippen molar-refractivity contribution in [2.75, 3.05) is 39.4 Å².